The maximum atomic E-state index is 12.5. The maximum absolute atomic E-state index is 12.5. The van der Waals surface area contributed by atoms with Gasteiger partial charge in [-0.25, -0.2) is 4.57 Å². The number of likely N-dealkylation sites (N-methyl/N-ethyl adjacent to an activating group) is 1. The summed E-state index contributed by atoms with van der Waals surface area (Å²) in [4.78, 5) is 22.6. The van der Waals surface area contributed by atoms with Crippen molar-refractivity contribution in [2.75, 3.05) is 47.5 Å². The van der Waals surface area contributed by atoms with E-state index in [0.717, 1.165) is 32.1 Å². The first kappa shape index (κ1) is 54.0. The molecule has 0 aromatic heterocycles. The molecule has 0 radical (unpaired) electrons. The highest BCUT2D eigenvalue weighted by Gasteiger charge is 2.25. The third-order valence-electron chi connectivity index (χ3n) is 9.25. The number of quaternary nitrogens is 1. The number of unbranched alkanes of at least 4 members (excludes halogenated alkanes) is 18. The van der Waals surface area contributed by atoms with E-state index in [2.05, 4.69) is 26.0 Å². The highest BCUT2D eigenvalue weighted by Crippen LogP contribution is 2.43. The Hall–Kier alpha value is -2.00. The summed E-state index contributed by atoms with van der Waals surface area (Å²) in [6.45, 7) is 4.72. The van der Waals surface area contributed by atoms with Crippen LogP contribution in [0, 0.1) is 0 Å². The summed E-state index contributed by atoms with van der Waals surface area (Å²) in [5.74, 6) is -0.357. The van der Waals surface area contributed by atoms with Crippen molar-refractivity contribution < 1.29 is 42.4 Å². The molecule has 0 amide bonds. The highest BCUT2D eigenvalue weighted by atomic mass is 31.2. The first-order chi connectivity index (χ1) is 27.0. The van der Waals surface area contributed by atoms with E-state index in [1.165, 1.54) is 103 Å². The van der Waals surface area contributed by atoms with E-state index in [-0.39, 0.29) is 32.2 Å². The summed E-state index contributed by atoms with van der Waals surface area (Å²) in [5.41, 5.74) is 0. The number of aliphatic hydroxyl groups is 1. The average Bonchev–Trinajstić information content (AvgIpc) is 3.15. The predicted octanol–water partition coefficient (Wildman–Crippen LogP) is 12.3. The van der Waals surface area contributed by atoms with Crippen LogP contribution in [-0.2, 0) is 27.9 Å². The zero-order chi connectivity index (χ0) is 41.4. The minimum absolute atomic E-state index is 0.0696. The van der Waals surface area contributed by atoms with Gasteiger partial charge in [0.25, 0.3) is 0 Å². The van der Waals surface area contributed by atoms with Gasteiger partial charge in [0.2, 0.25) is 0 Å². The van der Waals surface area contributed by atoms with Crippen LogP contribution in [-0.4, -0.2) is 80.2 Å². The van der Waals surface area contributed by atoms with Gasteiger partial charge < -0.3 is 24.0 Å². The van der Waals surface area contributed by atoms with Crippen molar-refractivity contribution in [3.63, 3.8) is 0 Å². The van der Waals surface area contributed by atoms with E-state index in [0.29, 0.717) is 23.9 Å². The Bertz CT molecular complexity index is 1100. The summed E-state index contributed by atoms with van der Waals surface area (Å²) >= 11 is 0. The Morgan fingerprint density at radius 1 is 0.661 bits per heavy atom. The molecule has 0 rings (SSSR count). The fraction of sp³-hybridized carbons (Fsp3) is 0.761. The molecule has 326 valence electrons. The number of rotatable bonds is 40. The largest absolute Gasteiger partial charge is 0.492 e. The first-order valence-corrected chi connectivity index (χ1v) is 23.7. The molecule has 0 aliphatic rings. The fourth-order valence-corrected chi connectivity index (χ4v) is 6.41. The van der Waals surface area contributed by atoms with Crippen molar-refractivity contribution >= 4 is 13.8 Å². The van der Waals surface area contributed by atoms with Crippen molar-refractivity contribution in [1.29, 1.82) is 0 Å². The monoisotopic (exact) mass is 811 g/mol. The standard InChI is InChI=1S/C46H84NO8P/c1-6-8-10-12-14-15-16-17-18-19-20-21-24-27-31-35-40-52-45(43-55-56(50,51)54-41-39-47(3,4)5)42-53-46(49)38-34-30-26-23-22-25-29-33-37-44(48)36-32-28-13-11-9-7-2/h23,25-26,28-29,32-33,35,37,40,44-45,48H,6-22,24,27,30-31,34,36,38-39,41-43H2,1-5H3/p+1/b26-23-,29-25-,32-28-,37-33+,40-35+/t44-,45-/m1/s1. The zero-order valence-electron chi connectivity index (χ0n) is 36.5. The normalized spacial score (nSPS) is 14.8. The number of phosphoric acid groups is 1. The SMILES string of the molecule is CCCCC/C=C\C[C@@H](O)/C=C/C=C\C/C=C\CCCC(=O)OC[C@H](COP(=O)(O)OCC[N+](C)(C)C)O/C=C/CCCCCCCCCCCCCCCC. The van der Waals surface area contributed by atoms with Gasteiger partial charge in [0.05, 0.1) is 40.1 Å². The molecule has 0 saturated carbocycles. The number of nitrogens with zero attached hydrogens (tertiary/aromatic N) is 1. The van der Waals surface area contributed by atoms with E-state index in [4.69, 9.17) is 18.5 Å². The molecule has 3 atom stereocenters. The Kier molecular flexibility index (Phi) is 37.1. The quantitative estimate of drug-likeness (QED) is 0.0120. The minimum atomic E-state index is -4.29. The molecular formula is C46H85NO8P+. The predicted molar refractivity (Wildman–Crippen MR) is 234 cm³/mol. The van der Waals surface area contributed by atoms with Gasteiger partial charge in [-0.1, -0.05) is 159 Å². The van der Waals surface area contributed by atoms with Gasteiger partial charge in [-0.15, -0.1) is 0 Å². The van der Waals surface area contributed by atoms with Crippen LogP contribution < -0.4 is 0 Å². The van der Waals surface area contributed by atoms with Crippen LogP contribution in [0.3, 0.4) is 0 Å². The second kappa shape index (κ2) is 38.5. The molecule has 56 heavy (non-hydrogen) atoms. The fourth-order valence-electron chi connectivity index (χ4n) is 5.67. The topological polar surface area (TPSA) is 112 Å². The van der Waals surface area contributed by atoms with Gasteiger partial charge in [0, 0.05) is 6.42 Å². The molecule has 0 aliphatic carbocycles. The van der Waals surface area contributed by atoms with Crippen LogP contribution in [0.15, 0.2) is 60.9 Å². The number of carbonyl (C=O) groups is 1. The smallest absolute Gasteiger partial charge is 0.472 e. The second-order valence-electron chi connectivity index (χ2n) is 16.0. The number of hydrogen-bond acceptors (Lipinski definition) is 7. The van der Waals surface area contributed by atoms with Crippen molar-refractivity contribution in [3.05, 3.63) is 60.9 Å². The Balaban J connectivity index is 4.44. The lowest BCUT2D eigenvalue weighted by Crippen LogP contribution is -2.37. The van der Waals surface area contributed by atoms with Crippen molar-refractivity contribution in [2.45, 2.75) is 180 Å². The van der Waals surface area contributed by atoms with E-state index < -0.39 is 20.0 Å². The molecule has 0 fully saturated rings. The third-order valence-corrected chi connectivity index (χ3v) is 10.2. The second-order valence-corrected chi connectivity index (χ2v) is 17.4. The van der Waals surface area contributed by atoms with Gasteiger partial charge in [0.1, 0.15) is 19.8 Å². The van der Waals surface area contributed by atoms with Crippen LogP contribution in [0.2, 0.25) is 0 Å². The lowest BCUT2D eigenvalue weighted by molar-refractivity contribution is -0.870. The summed E-state index contributed by atoms with van der Waals surface area (Å²) < 4.78 is 34.7. The molecular weight excluding hydrogens is 725 g/mol. The molecule has 0 saturated heterocycles. The Labute approximate surface area is 343 Å². The lowest BCUT2D eigenvalue weighted by atomic mass is 10.0. The number of ether oxygens (including phenoxy) is 2. The Morgan fingerprint density at radius 2 is 1.21 bits per heavy atom. The maximum Gasteiger partial charge on any atom is 0.472 e. The van der Waals surface area contributed by atoms with Gasteiger partial charge in [-0.3, -0.25) is 13.8 Å². The third kappa shape index (κ3) is 41.6. The molecule has 10 heteroatoms. The van der Waals surface area contributed by atoms with E-state index in [1.807, 2.05) is 57.6 Å². The van der Waals surface area contributed by atoms with Gasteiger partial charge in [-0.05, 0) is 57.4 Å². The van der Waals surface area contributed by atoms with Crippen LogP contribution in [0.25, 0.3) is 0 Å². The molecule has 2 N–H and O–H groups in total. The molecule has 0 aromatic carbocycles. The molecule has 0 heterocycles. The summed E-state index contributed by atoms with van der Waals surface area (Å²) in [5, 5.41) is 10.0. The molecule has 1 unspecified atom stereocenters. The minimum Gasteiger partial charge on any atom is -0.492 e. The summed E-state index contributed by atoms with van der Waals surface area (Å²) in [6.07, 6.45) is 45.3. The molecule has 0 aliphatic heterocycles. The van der Waals surface area contributed by atoms with Gasteiger partial charge in [-0.2, -0.15) is 0 Å². The van der Waals surface area contributed by atoms with Crippen molar-refractivity contribution in [1.82, 2.24) is 0 Å². The van der Waals surface area contributed by atoms with Gasteiger partial charge in [0.15, 0.2) is 6.10 Å². The first-order valence-electron chi connectivity index (χ1n) is 22.2. The summed E-state index contributed by atoms with van der Waals surface area (Å²) in [6, 6.07) is 0. The van der Waals surface area contributed by atoms with Crippen LogP contribution in [0.4, 0.5) is 0 Å². The van der Waals surface area contributed by atoms with Crippen LogP contribution in [0.5, 0.6) is 0 Å². The number of carbonyl (C=O) groups excluding carboxylic acids is 1. The van der Waals surface area contributed by atoms with Crippen molar-refractivity contribution in [2.24, 2.45) is 0 Å². The molecule has 0 bridgehead atoms. The van der Waals surface area contributed by atoms with E-state index in [9.17, 15) is 19.4 Å². The number of aliphatic hydroxyl groups excluding tert-OH is 1. The number of esters is 1. The number of allylic oxidation sites excluding steroid dienone is 7. The van der Waals surface area contributed by atoms with E-state index >= 15 is 0 Å². The Morgan fingerprint density at radius 3 is 1.86 bits per heavy atom. The summed E-state index contributed by atoms with van der Waals surface area (Å²) in [7, 11) is 1.61. The van der Waals surface area contributed by atoms with Gasteiger partial charge >= 0.3 is 13.8 Å². The van der Waals surface area contributed by atoms with Crippen LogP contribution >= 0.6 is 7.82 Å². The number of hydrogen-bond donors (Lipinski definition) is 2. The zero-order valence-corrected chi connectivity index (χ0v) is 37.4. The van der Waals surface area contributed by atoms with Crippen molar-refractivity contribution in [3.8, 4) is 0 Å². The molecule has 0 aromatic rings. The van der Waals surface area contributed by atoms with Crippen LogP contribution in [0.1, 0.15) is 168 Å². The van der Waals surface area contributed by atoms with E-state index in [1.54, 1.807) is 12.3 Å². The molecule has 0 spiro atoms. The number of phosphoric ester groups is 1. The lowest BCUT2D eigenvalue weighted by Gasteiger charge is -2.24. The average molecular weight is 811 g/mol. The highest BCUT2D eigenvalue weighted by molar-refractivity contribution is 7.47. The molecule has 9 nitrogen and oxygen atoms in total.